The molecule has 0 fully saturated rings. The molecule has 1 heterocycles. The third-order valence-corrected chi connectivity index (χ3v) is 4.36. The molecule has 0 aliphatic heterocycles. The highest BCUT2D eigenvalue weighted by Gasteiger charge is 2.20. The molecule has 0 atom stereocenters. The van der Waals surface area contributed by atoms with E-state index in [2.05, 4.69) is 10.4 Å². The van der Waals surface area contributed by atoms with E-state index < -0.39 is 22.0 Å². The van der Waals surface area contributed by atoms with Gasteiger partial charge in [0.25, 0.3) is 11.6 Å². The molecule has 28 heavy (non-hydrogen) atoms. The zero-order valence-electron chi connectivity index (χ0n) is 14.3. The Morgan fingerprint density at radius 3 is 2.57 bits per heavy atom. The van der Waals surface area contributed by atoms with Gasteiger partial charge in [0.15, 0.2) is 5.69 Å². The fourth-order valence-corrected chi connectivity index (χ4v) is 2.97. The Hall–Kier alpha value is -3.23. The lowest BCUT2D eigenvalue weighted by Gasteiger charge is -2.12. The number of rotatable bonds is 4. The molecule has 3 rings (SSSR count). The lowest BCUT2D eigenvalue weighted by Crippen LogP contribution is -2.27. The van der Waals surface area contributed by atoms with E-state index in [-0.39, 0.29) is 22.1 Å². The second-order valence-electron chi connectivity index (χ2n) is 5.73. The Morgan fingerprint density at radius 1 is 1.18 bits per heavy atom. The molecule has 0 spiro atoms. The van der Waals surface area contributed by atoms with Crippen LogP contribution in [0.15, 0.2) is 53.3 Å². The van der Waals surface area contributed by atoms with Crippen LogP contribution in [0.2, 0.25) is 10.0 Å². The van der Waals surface area contributed by atoms with Crippen LogP contribution in [0.4, 0.5) is 11.4 Å². The first-order valence-corrected chi connectivity index (χ1v) is 8.64. The van der Waals surface area contributed by atoms with Crippen LogP contribution in [0.3, 0.4) is 0 Å². The van der Waals surface area contributed by atoms with Crippen molar-refractivity contribution in [2.24, 2.45) is 0 Å². The molecule has 3 aromatic rings. The fraction of sp³-hybridized carbons (Fsp3) is 0.0556. The van der Waals surface area contributed by atoms with Crippen molar-refractivity contribution in [3.05, 3.63) is 90.3 Å². The van der Waals surface area contributed by atoms with Crippen LogP contribution in [0, 0.1) is 17.0 Å². The second-order valence-corrected chi connectivity index (χ2v) is 6.58. The van der Waals surface area contributed by atoms with Crippen molar-refractivity contribution in [2.45, 2.75) is 6.92 Å². The summed E-state index contributed by atoms with van der Waals surface area (Å²) in [6.07, 6.45) is 0. The molecular formula is C18H12Cl2N4O4. The standard InChI is InChI=1S/C18H12Cl2N4O4/c1-10-8-16(25)17(18(26)21-13-7-6-11(19)9-12(13)20)22-23(10)14-4-2-3-5-15(14)24(27)28/h2-9H,1H3,(H,21,26). The van der Waals surface area contributed by atoms with Crippen LogP contribution < -0.4 is 10.7 Å². The molecule has 8 nitrogen and oxygen atoms in total. The van der Waals surface area contributed by atoms with Crippen molar-refractivity contribution < 1.29 is 9.72 Å². The van der Waals surface area contributed by atoms with Crippen LogP contribution >= 0.6 is 23.2 Å². The summed E-state index contributed by atoms with van der Waals surface area (Å²) in [5, 5.41) is 18.4. The molecule has 1 aromatic heterocycles. The summed E-state index contributed by atoms with van der Waals surface area (Å²) >= 11 is 11.9. The maximum atomic E-state index is 12.6. The topological polar surface area (TPSA) is 107 Å². The molecule has 0 unspecified atom stereocenters. The minimum Gasteiger partial charge on any atom is -0.319 e. The summed E-state index contributed by atoms with van der Waals surface area (Å²) in [5.74, 6) is -0.804. The number of hydrogen-bond donors (Lipinski definition) is 1. The first-order chi connectivity index (χ1) is 13.3. The van der Waals surface area contributed by atoms with Crippen LogP contribution in [0.1, 0.15) is 16.2 Å². The molecule has 0 saturated heterocycles. The average molecular weight is 419 g/mol. The van der Waals surface area contributed by atoms with Crippen LogP contribution in [-0.4, -0.2) is 20.6 Å². The van der Waals surface area contributed by atoms with Crippen molar-refractivity contribution in [1.29, 1.82) is 0 Å². The highest BCUT2D eigenvalue weighted by atomic mass is 35.5. The smallest absolute Gasteiger partial charge is 0.294 e. The lowest BCUT2D eigenvalue weighted by atomic mass is 10.2. The second kappa shape index (κ2) is 7.79. The zero-order chi connectivity index (χ0) is 20.4. The quantitative estimate of drug-likeness (QED) is 0.508. The maximum Gasteiger partial charge on any atom is 0.294 e. The van der Waals surface area contributed by atoms with Crippen molar-refractivity contribution in [2.75, 3.05) is 5.32 Å². The number of nitrogens with one attached hydrogen (secondary N) is 1. The molecule has 0 aliphatic rings. The molecule has 0 saturated carbocycles. The van der Waals surface area contributed by atoms with E-state index in [1.54, 1.807) is 13.0 Å². The van der Waals surface area contributed by atoms with Gasteiger partial charge in [0, 0.05) is 22.8 Å². The summed E-state index contributed by atoms with van der Waals surface area (Å²) in [7, 11) is 0. The molecule has 0 radical (unpaired) electrons. The summed E-state index contributed by atoms with van der Waals surface area (Å²) in [6.45, 7) is 1.56. The molecule has 0 bridgehead atoms. The van der Waals surface area contributed by atoms with Gasteiger partial charge in [-0.05, 0) is 31.2 Å². The number of hydrogen-bond acceptors (Lipinski definition) is 5. The van der Waals surface area contributed by atoms with Gasteiger partial charge in [-0.15, -0.1) is 0 Å². The van der Waals surface area contributed by atoms with E-state index in [9.17, 15) is 19.7 Å². The van der Waals surface area contributed by atoms with Gasteiger partial charge in [-0.2, -0.15) is 5.10 Å². The number of carbonyl (C=O) groups is 1. The molecule has 2 aromatic carbocycles. The first kappa shape index (κ1) is 19.5. The van der Waals surface area contributed by atoms with E-state index in [1.165, 1.54) is 47.1 Å². The summed E-state index contributed by atoms with van der Waals surface area (Å²) in [4.78, 5) is 35.6. The predicted octanol–water partition coefficient (Wildman–Crippen LogP) is 4.01. The van der Waals surface area contributed by atoms with Gasteiger partial charge < -0.3 is 5.32 Å². The highest BCUT2D eigenvalue weighted by Crippen LogP contribution is 2.26. The molecule has 1 N–H and O–H groups in total. The third-order valence-electron chi connectivity index (χ3n) is 3.81. The minimum atomic E-state index is -0.804. The van der Waals surface area contributed by atoms with Crippen molar-refractivity contribution in [3.63, 3.8) is 0 Å². The van der Waals surface area contributed by atoms with E-state index in [1.807, 2.05) is 0 Å². The van der Waals surface area contributed by atoms with E-state index in [4.69, 9.17) is 23.2 Å². The molecular weight excluding hydrogens is 407 g/mol. The van der Waals surface area contributed by atoms with Gasteiger partial charge in [0.2, 0.25) is 5.43 Å². The fourth-order valence-electron chi connectivity index (χ4n) is 2.52. The molecule has 142 valence electrons. The minimum absolute atomic E-state index is 0.128. The number of nitrogens with zero attached hydrogens (tertiary/aromatic N) is 3. The Kier molecular flexibility index (Phi) is 5.43. The Morgan fingerprint density at radius 2 is 1.89 bits per heavy atom. The van der Waals surface area contributed by atoms with Gasteiger partial charge >= 0.3 is 0 Å². The summed E-state index contributed by atoms with van der Waals surface area (Å²) in [6, 6.07) is 11.5. The number of anilines is 1. The number of nitro groups is 1. The number of aryl methyl sites for hydroxylation is 1. The van der Waals surface area contributed by atoms with Crippen molar-refractivity contribution in [1.82, 2.24) is 9.78 Å². The highest BCUT2D eigenvalue weighted by molar-refractivity contribution is 6.36. The first-order valence-electron chi connectivity index (χ1n) is 7.89. The van der Waals surface area contributed by atoms with Gasteiger partial charge in [-0.3, -0.25) is 19.7 Å². The summed E-state index contributed by atoms with van der Waals surface area (Å²) in [5.41, 5.74) is -0.572. The monoisotopic (exact) mass is 418 g/mol. The normalized spacial score (nSPS) is 10.5. The average Bonchev–Trinajstić information content (AvgIpc) is 2.64. The summed E-state index contributed by atoms with van der Waals surface area (Å²) < 4.78 is 1.18. The number of para-hydroxylation sites is 2. The Bertz CT molecular complexity index is 1160. The molecule has 1 amide bonds. The van der Waals surface area contributed by atoms with Crippen LogP contribution in [0.5, 0.6) is 0 Å². The van der Waals surface area contributed by atoms with Gasteiger partial charge in [-0.25, -0.2) is 4.68 Å². The SMILES string of the molecule is Cc1cc(=O)c(C(=O)Nc2ccc(Cl)cc2Cl)nn1-c1ccccc1[N+](=O)[O-]. The Labute approximate surface area is 168 Å². The van der Waals surface area contributed by atoms with Gasteiger partial charge in [-0.1, -0.05) is 35.3 Å². The van der Waals surface area contributed by atoms with Crippen LogP contribution in [-0.2, 0) is 0 Å². The van der Waals surface area contributed by atoms with E-state index >= 15 is 0 Å². The number of nitro benzene ring substituents is 1. The predicted molar refractivity (Wildman–Crippen MR) is 106 cm³/mol. The number of aromatic nitrogens is 2. The number of amides is 1. The van der Waals surface area contributed by atoms with Crippen molar-refractivity contribution >= 4 is 40.5 Å². The van der Waals surface area contributed by atoms with Gasteiger partial charge in [0.05, 0.1) is 15.6 Å². The zero-order valence-corrected chi connectivity index (χ0v) is 15.9. The maximum absolute atomic E-state index is 12.6. The van der Waals surface area contributed by atoms with Crippen molar-refractivity contribution in [3.8, 4) is 5.69 Å². The Balaban J connectivity index is 2.06. The number of benzene rings is 2. The van der Waals surface area contributed by atoms with E-state index in [0.29, 0.717) is 10.7 Å². The van der Waals surface area contributed by atoms with E-state index in [0.717, 1.165) is 0 Å². The third kappa shape index (κ3) is 3.88. The number of carbonyl (C=O) groups excluding carboxylic acids is 1. The largest absolute Gasteiger partial charge is 0.319 e. The van der Waals surface area contributed by atoms with Gasteiger partial charge in [0.1, 0.15) is 5.69 Å². The van der Waals surface area contributed by atoms with Crippen LogP contribution in [0.25, 0.3) is 5.69 Å². The lowest BCUT2D eigenvalue weighted by molar-refractivity contribution is -0.384. The number of halogens is 2. The molecule has 10 heteroatoms. The molecule has 0 aliphatic carbocycles.